The van der Waals surface area contributed by atoms with Crippen molar-refractivity contribution in [3.05, 3.63) is 24.3 Å². The number of piperidine rings is 1. The molecule has 0 saturated carbocycles. The molecule has 1 N–H and O–H groups in total. The van der Waals surface area contributed by atoms with Crippen molar-refractivity contribution >= 4 is 23.2 Å². The van der Waals surface area contributed by atoms with E-state index in [1.807, 2.05) is 17.0 Å². The number of amides is 2. The van der Waals surface area contributed by atoms with E-state index in [-0.39, 0.29) is 17.7 Å². The fraction of sp³-hybridized carbons (Fsp3) is 0.556. The van der Waals surface area contributed by atoms with Gasteiger partial charge in [-0.1, -0.05) is 0 Å². The molecule has 0 aliphatic carbocycles. The highest BCUT2D eigenvalue weighted by Crippen LogP contribution is 2.23. The fourth-order valence-corrected chi connectivity index (χ4v) is 3.43. The van der Waals surface area contributed by atoms with Crippen LogP contribution in [-0.4, -0.2) is 42.9 Å². The van der Waals surface area contributed by atoms with Crippen LogP contribution < -0.4 is 10.2 Å². The molecule has 2 saturated heterocycles. The summed E-state index contributed by atoms with van der Waals surface area (Å²) >= 11 is 0. The van der Waals surface area contributed by atoms with E-state index in [0.29, 0.717) is 13.1 Å². The van der Waals surface area contributed by atoms with Crippen LogP contribution in [0.5, 0.6) is 0 Å². The molecule has 2 heterocycles. The predicted molar refractivity (Wildman–Crippen MR) is 91.5 cm³/mol. The molecule has 124 valence electrons. The number of nitrogens with one attached hydrogen (secondary N) is 1. The summed E-state index contributed by atoms with van der Waals surface area (Å²) in [6.07, 6.45) is 4.02. The van der Waals surface area contributed by atoms with Gasteiger partial charge in [-0.15, -0.1) is 0 Å². The van der Waals surface area contributed by atoms with Crippen molar-refractivity contribution < 1.29 is 9.59 Å². The third kappa shape index (κ3) is 3.84. The minimum absolute atomic E-state index is 0.00357. The Hall–Kier alpha value is -2.04. The van der Waals surface area contributed by atoms with Crippen molar-refractivity contribution in [1.82, 2.24) is 4.90 Å². The Morgan fingerprint density at radius 1 is 1.00 bits per heavy atom. The topological polar surface area (TPSA) is 52.7 Å². The second-order valence-corrected chi connectivity index (χ2v) is 6.51. The normalized spacial score (nSPS) is 19.0. The maximum atomic E-state index is 12.4. The highest BCUT2D eigenvalue weighted by atomic mass is 16.2. The lowest BCUT2D eigenvalue weighted by Gasteiger charge is -2.30. The van der Waals surface area contributed by atoms with Crippen LogP contribution in [0.15, 0.2) is 24.3 Å². The van der Waals surface area contributed by atoms with Crippen LogP contribution in [0.1, 0.15) is 32.6 Å². The zero-order chi connectivity index (χ0) is 16.2. The third-order valence-electron chi connectivity index (χ3n) is 4.92. The Balaban J connectivity index is 1.52. The van der Waals surface area contributed by atoms with E-state index in [2.05, 4.69) is 22.3 Å². The van der Waals surface area contributed by atoms with E-state index in [1.54, 1.807) is 6.92 Å². The van der Waals surface area contributed by atoms with Gasteiger partial charge in [0.05, 0.1) is 0 Å². The summed E-state index contributed by atoms with van der Waals surface area (Å²) in [5.74, 6) is 0.173. The smallest absolute Gasteiger partial charge is 0.227 e. The SMILES string of the molecule is CC(=O)N1CCC(C(=O)Nc2ccc(N3CCCC3)cc2)CC1. The zero-order valence-electron chi connectivity index (χ0n) is 13.8. The second-order valence-electron chi connectivity index (χ2n) is 6.51. The predicted octanol–water partition coefficient (Wildman–Crippen LogP) is 2.48. The van der Waals surface area contributed by atoms with Gasteiger partial charge in [0.1, 0.15) is 0 Å². The standard InChI is InChI=1S/C18H25N3O2/c1-14(22)20-12-8-15(9-13-20)18(23)19-16-4-6-17(7-5-16)21-10-2-3-11-21/h4-7,15H,2-3,8-13H2,1H3,(H,19,23). The first-order valence-corrected chi connectivity index (χ1v) is 8.55. The Morgan fingerprint density at radius 2 is 1.61 bits per heavy atom. The number of anilines is 2. The van der Waals surface area contributed by atoms with E-state index in [9.17, 15) is 9.59 Å². The van der Waals surface area contributed by atoms with Crippen molar-refractivity contribution in [2.75, 3.05) is 36.4 Å². The Bertz CT molecular complexity index is 556. The monoisotopic (exact) mass is 315 g/mol. The van der Waals surface area contributed by atoms with Crippen molar-refractivity contribution in [1.29, 1.82) is 0 Å². The first kappa shape index (κ1) is 15.8. The minimum Gasteiger partial charge on any atom is -0.372 e. The molecule has 2 aliphatic heterocycles. The van der Waals surface area contributed by atoms with Crippen LogP contribution in [0.4, 0.5) is 11.4 Å². The van der Waals surface area contributed by atoms with Gasteiger partial charge in [0.2, 0.25) is 11.8 Å². The quantitative estimate of drug-likeness (QED) is 0.932. The summed E-state index contributed by atoms with van der Waals surface area (Å²) < 4.78 is 0. The van der Waals surface area contributed by atoms with Gasteiger partial charge < -0.3 is 15.1 Å². The first-order chi connectivity index (χ1) is 11.1. The molecule has 5 heteroatoms. The molecule has 0 radical (unpaired) electrons. The molecule has 0 unspecified atom stereocenters. The van der Waals surface area contributed by atoms with Gasteiger partial charge in [0, 0.05) is 50.4 Å². The van der Waals surface area contributed by atoms with E-state index in [1.165, 1.54) is 18.5 Å². The van der Waals surface area contributed by atoms with E-state index in [0.717, 1.165) is 31.6 Å². The molecule has 23 heavy (non-hydrogen) atoms. The number of benzene rings is 1. The lowest BCUT2D eigenvalue weighted by molar-refractivity contribution is -0.132. The van der Waals surface area contributed by atoms with Gasteiger partial charge in [-0.2, -0.15) is 0 Å². The maximum absolute atomic E-state index is 12.4. The zero-order valence-corrected chi connectivity index (χ0v) is 13.8. The molecule has 2 fully saturated rings. The Morgan fingerprint density at radius 3 is 2.17 bits per heavy atom. The number of rotatable bonds is 3. The summed E-state index contributed by atoms with van der Waals surface area (Å²) in [6.45, 7) is 5.20. The van der Waals surface area contributed by atoms with E-state index >= 15 is 0 Å². The number of hydrogen-bond acceptors (Lipinski definition) is 3. The number of hydrogen-bond donors (Lipinski definition) is 1. The summed E-state index contributed by atoms with van der Waals surface area (Å²) in [4.78, 5) is 27.9. The molecule has 0 spiro atoms. The van der Waals surface area contributed by atoms with Gasteiger partial charge in [0.25, 0.3) is 0 Å². The summed E-state index contributed by atoms with van der Waals surface area (Å²) in [6, 6.07) is 8.13. The van der Waals surface area contributed by atoms with Crippen molar-refractivity contribution in [3.63, 3.8) is 0 Å². The average Bonchev–Trinajstić information content (AvgIpc) is 3.10. The summed E-state index contributed by atoms with van der Waals surface area (Å²) in [5, 5.41) is 3.01. The van der Waals surface area contributed by atoms with Crippen LogP contribution in [0.25, 0.3) is 0 Å². The number of carbonyl (C=O) groups is 2. The van der Waals surface area contributed by atoms with Gasteiger partial charge in [-0.3, -0.25) is 9.59 Å². The van der Waals surface area contributed by atoms with Gasteiger partial charge in [0.15, 0.2) is 0 Å². The lowest BCUT2D eigenvalue weighted by atomic mass is 9.96. The molecule has 3 rings (SSSR count). The molecule has 0 atom stereocenters. The molecule has 0 bridgehead atoms. The molecular weight excluding hydrogens is 290 g/mol. The first-order valence-electron chi connectivity index (χ1n) is 8.55. The molecule has 1 aromatic carbocycles. The Kier molecular flexibility index (Phi) is 4.84. The Labute approximate surface area is 137 Å². The fourth-order valence-electron chi connectivity index (χ4n) is 3.43. The minimum atomic E-state index is 0.00357. The van der Waals surface area contributed by atoms with Crippen LogP contribution >= 0.6 is 0 Å². The van der Waals surface area contributed by atoms with E-state index in [4.69, 9.17) is 0 Å². The van der Waals surface area contributed by atoms with E-state index < -0.39 is 0 Å². The van der Waals surface area contributed by atoms with Crippen molar-refractivity contribution in [2.24, 2.45) is 5.92 Å². The van der Waals surface area contributed by atoms with Crippen LogP contribution in [0.2, 0.25) is 0 Å². The van der Waals surface area contributed by atoms with Crippen LogP contribution in [-0.2, 0) is 9.59 Å². The van der Waals surface area contributed by atoms with Gasteiger partial charge in [-0.25, -0.2) is 0 Å². The largest absolute Gasteiger partial charge is 0.372 e. The van der Waals surface area contributed by atoms with Crippen molar-refractivity contribution in [3.8, 4) is 0 Å². The summed E-state index contributed by atoms with van der Waals surface area (Å²) in [7, 11) is 0. The molecule has 5 nitrogen and oxygen atoms in total. The highest BCUT2D eigenvalue weighted by Gasteiger charge is 2.26. The molecule has 0 aromatic heterocycles. The average molecular weight is 315 g/mol. The molecular formula is C18H25N3O2. The number of likely N-dealkylation sites (tertiary alicyclic amines) is 1. The van der Waals surface area contributed by atoms with Crippen LogP contribution in [0.3, 0.4) is 0 Å². The molecule has 2 amide bonds. The second kappa shape index (κ2) is 7.02. The number of carbonyl (C=O) groups excluding carboxylic acids is 2. The summed E-state index contributed by atoms with van der Waals surface area (Å²) in [5.41, 5.74) is 2.09. The highest BCUT2D eigenvalue weighted by molar-refractivity contribution is 5.92. The van der Waals surface area contributed by atoms with Gasteiger partial charge >= 0.3 is 0 Å². The molecule has 2 aliphatic rings. The van der Waals surface area contributed by atoms with Gasteiger partial charge in [-0.05, 0) is 49.9 Å². The molecule has 1 aromatic rings. The number of nitrogens with zero attached hydrogens (tertiary/aromatic N) is 2. The third-order valence-corrected chi connectivity index (χ3v) is 4.92. The lowest BCUT2D eigenvalue weighted by Crippen LogP contribution is -2.40. The van der Waals surface area contributed by atoms with Crippen molar-refractivity contribution in [2.45, 2.75) is 32.6 Å². The maximum Gasteiger partial charge on any atom is 0.227 e. The van der Waals surface area contributed by atoms with Crippen LogP contribution in [0, 0.1) is 5.92 Å².